The molecule has 1 unspecified atom stereocenters. The van der Waals surface area contributed by atoms with Crippen LogP contribution in [0.25, 0.3) is 0 Å². The number of likely N-dealkylation sites (tertiary alicyclic amines) is 1. The van der Waals surface area contributed by atoms with E-state index in [1.54, 1.807) is 4.31 Å². The maximum atomic E-state index is 12.5. The molecule has 100 valence electrons. The highest BCUT2D eigenvalue weighted by molar-refractivity contribution is 7.89. The number of piperidine rings is 1. The molecule has 0 amide bonds. The first kappa shape index (κ1) is 13.3. The fourth-order valence-electron chi connectivity index (χ4n) is 2.62. The minimum Gasteiger partial charge on any atom is -0.312 e. The van der Waals surface area contributed by atoms with Crippen LogP contribution < -0.4 is 5.32 Å². The van der Waals surface area contributed by atoms with Gasteiger partial charge in [-0.25, -0.2) is 8.42 Å². The number of nitrogens with one attached hydrogen (secondary N) is 1. The van der Waals surface area contributed by atoms with Gasteiger partial charge in [0.05, 0.1) is 5.25 Å². The summed E-state index contributed by atoms with van der Waals surface area (Å²) >= 11 is 0. The first-order valence-electron chi connectivity index (χ1n) is 6.41. The summed E-state index contributed by atoms with van der Waals surface area (Å²) < 4.78 is 26.6. The maximum absolute atomic E-state index is 12.5. The second-order valence-corrected chi connectivity index (χ2v) is 7.47. The molecule has 6 heteroatoms. The van der Waals surface area contributed by atoms with Gasteiger partial charge in [-0.3, -0.25) is 0 Å². The number of nitrogens with zero attached hydrogens (tertiary/aromatic N) is 2. The molecule has 2 aliphatic rings. The second-order valence-electron chi connectivity index (χ2n) is 5.26. The third-order valence-electron chi connectivity index (χ3n) is 3.78. The lowest BCUT2D eigenvalue weighted by atomic mass is 10.1. The molecular weight excluding hydrogens is 238 g/mol. The average Bonchev–Trinajstić information content (AvgIpc) is 2.29. The van der Waals surface area contributed by atoms with Crippen LogP contribution in [-0.4, -0.2) is 68.7 Å². The Morgan fingerprint density at radius 1 is 1.18 bits per heavy atom. The standard InChI is InChI=1S/C11H23N3O2S/c1-10-9-14(8-5-12-10)17(15,16)11-3-6-13(2)7-4-11/h10-12H,3-9H2,1-2H3. The molecule has 0 aromatic heterocycles. The van der Waals surface area contributed by atoms with E-state index < -0.39 is 10.0 Å². The van der Waals surface area contributed by atoms with Crippen molar-refractivity contribution in [2.45, 2.75) is 31.1 Å². The average molecular weight is 261 g/mol. The normalized spacial score (nSPS) is 30.6. The van der Waals surface area contributed by atoms with E-state index in [1.807, 2.05) is 6.92 Å². The highest BCUT2D eigenvalue weighted by Crippen LogP contribution is 2.21. The van der Waals surface area contributed by atoms with Gasteiger partial charge in [0, 0.05) is 25.7 Å². The molecule has 0 aromatic carbocycles. The molecular formula is C11H23N3O2S. The smallest absolute Gasteiger partial charge is 0.217 e. The summed E-state index contributed by atoms with van der Waals surface area (Å²) in [6.07, 6.45) is 1.55. The van der Waals surface area contributed by atoms with E-state index >= 15 is 0 Å². The van der Waals surface area contributed by atoms with Crippen LogP contribution in [0.4, 0.5) is 0 Å². The Kier molecular flexibility index (Phi) is 4.07. The molecule has 2 aliphatic heterocycles. The first-order valence-corrected chi connectivity index (χ1v) is 7.91. The summed E-state index contributed by atoms with van der Waals surface area (Å²) in [5.74, 6) is 0. The topological polar surface area (TPSA) is 52.7 Å². The number of rotatable bonds is 2. The van der Waals surface area contributed by atoms with Gasteiger partial charge in [0.2, 0.25) is 10.0 Å². The number of hydrogen-bond donors (Lipinski definition) is 1. The molecule has 5 nitrogen and oxygen atoms in total. The monoisotopic (exact) mass is 261 g/mol. The summed E-state index contributed by atoms with van der Waals surface area (Å²) in [6.45, 7) is 5.84. The highest BCUT2D eigenvalue weighted by atomic mass is 32.2. The Balaban J connectivity index is 2.02. The van der Waals surface area contributed by atoms with Crippen molar-refractivity contribution in [3.8, 4) is 0 Å². The SMILES string of the molecule is CC1CN(S(=O)(=O)C2CCN(C)CC2)CCN1. The molecule has 1 N–H and O–H groups in total. The second kappa shape index (κ2) is 5.22. The third-order valence-corrected chi connectivity index (χ3v) is 6.14. The molecule has 1 atom stereocenters. The van der Waals surface area contributed by atoms with E-state index in [1.165, 1.54) is 0 Å². The Labute approximate surface area is 104 Å². The summed E-state index contributed by atoms with van der Waals surface area (Å²) in [5.41, 5.74) is 0. The van der Waals surface area contributed by atoms with E-state index in [0.717, 1.165) is 32.5 Å². The predicted octanol–water partition coefficient (Wildman–Crippen LogP) is -0.296. The highest BCUT2D eigenvalue weighted by Gasteiger charge is 2.35. The zero-order valence-corrected chi connectivity index (χ0v) is 11.5. The van der Waals surface area contributed by atoms with E-state index in [9.17, 15) is 8.42 Å². The van der Waals surface area contributed by atoms with E-state index in [-0.39, 0.29) is 11.3 Å². The molecule has 0 aromatic rings. The number of piperazine rings is 1. The third kappa shape index (κ3) is 2.99. The molecule has 0 aliphatic carbocycles. The van der Waals surface area contributed by atoms with Gasteiger partial charge in [-0.2, -0.15) is 4.31 Å². The van der Waals surface area contributed by atoms with Crippen LogP contribution in [0.5, 0.6) is 0 Å². The first-order chi connectivity index (χ1) is 8.00. The van der Waals surface area contributed by atoms with Crippen molar-refractivity contribution in [2.24, 2.45) is 0 Å². The predicted molar refractivity (Wildman–Crippen MR) is 68.5 cm³/mol. The summed E-state index contributed by atoms with van der Waals surface area (Å²) in [7, 11) is -1.02. The Morgan fingerprint density at radius 2 is 1.82 bits per heavy atom. The van der Waals surface area contributed by atoms with Crippen LogP contribution in [0.3, 0.4) is 0 Å². The van der Waals surface area contributed by atoms with Crippen LogP contribution in [0.15, 0.2) is 0 Å². The molecule has 0 saturated carbocycles. The largest absolute Gasteiger partial charge is 0.312 e. The number of hydrogen-bond acceptors (Lipinski definition) is 4. The van der Waals surface area contributed by atoms with E-state index in [2.05, 4.69) is 17.3 Å². The van der Waals surface area contributed by atoms with Crippen molar-refractivity contribution in [3.63, 3.8) is 0 Å². The number of sulfonamides is 1. The fourth-order valence-corrected chi connectivity index (χ4v) is 4.63. The Bertz CT molecular complexity index is 350. The summed E-state index contributed by atoms with van der Waals surface area (Å²) in [6, 6.07) is 0.268. The molecule has 2 rings (SSSR count). The van der Waals surface area contributed by atoms with Crippen LogP contribution in [0.1, 0.15) is 19.8 Å². The lowest BCUT2D eigenvalue weighted by Gasteiger charge is -2.36. The molecule has 0 bridgehead atoms. The fraction of sp³-hybridized carbons (Fsp3) is 1.00. The molecule has 2 fully saturated rings. The van der Waals surface area contributed by atoms with Crippen molar-refractivity contribution < 1.29 is 8.42 Å². The molecule has 0 radical (unpaired) electrons. The molecule has 17 heavy (non-hydrogen) atoms. The van der Waals surface area contributed by atoms with Crippen LogP contribution >= 0.6 is 0 Å². The van der Waals surface area contributed by atoms with Gasteiger partial charge in [0.25, 0.3) is 0 Å². The van der Waals surface area contributed by atoms with Gasteiger partial charge >= 0.3 is 0 Å². The minimum absolute atomic E-state index is 0.163. The summed E-state index contributed by atoms with van der Waals surface area (Å²) in [4.78, 5) is 2.20. The van der Waals surface area contributed by atoms with Crippen LogP contribution in [0.2, 0.25) is 0 Å². The van der Waals surface area contributed by atoms with Crippen molar-refractivity contribution in [1.29, 1.82) is 0 Å². The zero-order chi connectivity index (χ0) is 12.5. The van der Waals surface area contributed by atoms with Gasteiger partial charge in [-0.05, 0) is 39.9 Å². The van der Waals surface area contributed by atoms with Crippen molar-refractivity contribution >= 4 is 10.0 Å². The van der Waals surface area contributed by atoms with Crippen molar-refractivity contribution in [1.82, 2.24) is 14.5 Å². The molecule has 2 heterocycles. The van der Waals surface area contributed by atoms with Crippen LogP contribution in [-0.2, 0) is 10.0 Å². The van der Waals surface area contributed by atoms with Crippen molar-refractivity contribution in [3.05, 3.63) is 0 Å². The zero-order valence-electron chi connectivity index (χ0n) is 10.7. The molecule has 0 spiro atoms. The van der Waals surface area contributed by atoms with Gasteiger partial charge < -0.3 is 10.2 Å². The summed E-state index contributed by atoms with van der Waals surface area (Å²) in [5, 5.41) is 3.12. The lowest BCUT2D eigenvalue weighted by Crippen LogP contribution is -2.54. The Morgan fingerprint density at radius 3 is 2.41 bits per heavy atom. The Hall–Kier alpha value is -0.170. The van der Waals surface area contributed by atoms with Gasteiger partial charge in [-0.1, -0.05) is 0 Å². The van der Waals surface area contributed by atoms with Gasteiger partial charge in [0.1, 0.15) is 0 Å². The van der Waals surface area contributed by atoms with E-state index in [4.69, 9.17) is 0 Å². The maximum Gasteiger partial charge on any atom is 0.217 e. The van der Waals surface area contributed by atoms with Crippen molar-refractivity contribution in [2.75, 3.05) is 39.8 Å². The molecule has 2 saturated heterocycles. The van der Waals surface area contributed by atoms with Crippen LogP contribution in [0, 0.1) is 0 Å². The van der Waals surface area contributed by atoms with Gasteiger partial charge in [0.15, 0.2) is 0 Å². The lowest BCUT2D eigenvalue weighted by molar-refractivity contribution is 0.263. The van der Waals surface area contributed by atoms with Gasteiger partial charge in [-0.15, -0.1) is 0 Å². The quantitative estimate of drug-likeness (QED) is 0.742. The van der Waals surface area contributed by atoms with E-state index in [0.29, 0.717) is 13.1 Å². The minimum atomic E-state index is -3.07.